The lowest BCUT2D eigenvalue weighted by atomic mass is 9.93. The molecule has 37 heavy (non-hydrogen) atoms. The minimum atomic E-state index is -0.462. The van der Waals surface area contributed by atoms with Gasteiger partial charge in [0, 0.05) is 33.8 Å². The average Bonchev–Trinajstić information content (AvgIpc) is 3.44. The van der Waals surface area contributed by atoms with Crippen LogP contribution in [0.5, 0.6) is 5.75 Å². The molecule has 0 spiro atoms. The van der Waals surface area contributed by atoms with Gasteiger partial charge in [0.1, 0.15) is 18.1 Å². The zero-order valence-electron chi connectivity index (χ0n) is 20.1. The second-order valence-corrected chi connectivity index (χ2v) is 8.88. The van der Waals surface area contributed by atoms with Crippen LogP contribution in [0.25, 0.3) is 22.2 Å². The Labute approximate surface area is 213 Å². The van der Waals surface area contributed by atoms with Gasteiger partial charge in [0.15, 0.2) is 0 Å². The molecule has 3 heterocycles. The van der Waals surface area contributed by atoms with E-state index < -0.39 is 6.04 Å². The van der Waals surface area contributed by atoms with E-state index >= 15 is 0 Å². The van der Waals surface area contributed by atoms with Crippen LogP contribution in [0.1, 0.15) is 27.5 Å². The second-order valence-electron chi connectivity index (χ2n) is 8.88. The van der Waals surface area contributed by atoms with Crippen molar-refractivity contribution in [2.75, 3.05) is 19.0 Å². The normalized spacial score (nSPS) is 14.6. The number of fused-ring (bicyclic) bond motifs is 2. The van der Waals surface area contributed by atoms with Gasteiger partial charge >= 0.3 is 0 Å². The van der Waals surface area contributed by atoms with Crippen molar-refractivity contribution in [1.29, 1.82) is 0 Å². The minimum absolute atomic E-state index is 0.119. The van der Waals surface area contributed by atoms with Crippen LogP contribution in [0.3, 0.4) is 0 Å². The molecule has 6 rings (SSSR count). The van der Waals surface area contributed by atoms with Crippen molar-refractivity contribution in [2.24, 2.45) is 0 Å². The van der Waals surface area contributed by atoms with Crippen LogP contribution in [-0.2, 0) is 4.79 Å². The van der Waals surface area contributed by atoms with E-state index in [1.165, 1.54) is 0 Å². The van der Waals surface area contributed by atoms with E-state index in [1.807, 2.05) is 72.8 Å². The average molecular weight is 489 g/mol. The highest BCUT2D eigenvalue weighted by atomic mass is 16.5. The number of methoxy groups -OCH3 is 1. The lowest BCUT2D eigenvalue weighted by Gasteiger charge is -2.26. The Hall–Kier alpha value is -4.91. The molecule has 3 aromatic carbocycles. The summed E-state index contributed by atoms with van der Waals surface area (Å²) in [6.07, 6.45) is 1.61. The van der Waals surface area contributed by atoms with Crippen LogP contribution in [0, 0.1) is 0 Å². The van der Waals surface area contributed by atoms with Gasteiger partial charge in [-0.15, -0.1) is 0 Å². The summed E-state index contributed by atoms with van der Waals surface area (Å²) in [5.74, 6) is 0.681. The van der Waals surface area contributed by atoms with E-state index in [0.717, 1.165) is 39.0 Å². The van der Waals surface area contributed by atoms with E-state index in [9.17, 15) is 9.59 Å². The highest BCUT2D eigenvalue weighted by molar-refractivity contribution is 6.04. The number of aromatic amines is 1. The monoisotopic (exact) mass is 488 g/mol. The van der Waals surface area contributed by atoms with E-state index in [2.05, 4.69) is 15.3 Å². The van der Waals surface area contributed by atoms with Crippen molar-refractivity contribution in [2.45, 2.75) is 6.04 Å². The number of H-pyrrole nitrogens is 1. The molecule has 2 amide bonds. The van der Waals surface area contributed by atoms with Crippen LogP contribution >= 0.6 is 0 Å². The fraction of sp³-hybridized carbons (Fsp3) is 0.100. The summed E-state index contributed by atoms with van der Waals surface area (Å²) in [6, 6.07) is 28.2. The summed E-state index contributed by atoms with van der Waals surface area (Å²) < 4.78 is 5.48. The largest absolute Gasteiger partial charge is 0.497 e. The third-order valence-corrected chi connectivity index (χ3v) is 6.68. The topological polar surface area (TPSA) is 87.3 Å². The van der Waals surface area contributed by atoms with Gasteiger partial charge in [-0.05, 0) is 42.0 Å². The Kier molecular flexibility index (Phi) is 5.65. The standard InChI is InChI=1S/C30H24N4O3/c1-37-20-10-8-9-19(17-20)28-27(23-13-4-5-14-24(23)32-28)29-21-11-2-3-12-22(21)30(36)34(29)18-26(35)33-25-15-6-7-16-31-25/h2-17,29,32H,18H2,1H3,(H,31,33,35)/t29-/m1/s1. The number of amides is 2. The van der Waals surface area contributed by atoms with Crippen molar-refractivity contribution in [3.63, 3.8) is 0 Å². The number of hydrogen-bond acceptors (Lipinski definition) is 4. The molecule has 0 unspecified atom stereocenters. The van der Waals surface area contributed by atoms with Gasteiger partial charge in [0.2, 0.25) is 5.91 Å². The van der Waals surface area contributed by atoms with E-state index in [4.69, 9.17) is 4.74 Å². The van der Waals surface area contributed by atoms with Crippen molar-refractivity contribution >= 4 is 28.5 Å². The van der Waals surface area contributed by atoms with Crippen molar-refractivity contribution in [3.05, 3.63) is 114 Å². The SMILES string of the molecule is COc1cccc(-c2[nH]c3ccccc3c2[C@H]2c3ccccc3C(=O)N2CC(=O)Nc2ccccn2)c1. The Balaban J connectivity index is 1.50. The van der Waals surface area contributed by atoms with E-state index in [0.29, 0.717) is 11.4 Å². The molecule has 2 N–H and O–H groups in total. The number of carbonyl (C=O) groups is 2. The number of nitrogens with zero attached hydrogens (tertiary/aromatic N) is 2. The Bertz CT molecular complexity index is 1630. The smallest absolute Gasteiger partial charge is 0.255 e. The first-order chi connectivity index (χ1) is 18.1. The van der Waals surface area contributed by atoms with Gasteiger partial charge < -0.3 is 19.9 Å². The first-order valence-electron chi connectivity index (χ1n) is 12.0. The molecular weight excluding hydrogens is 464 g/mol. The summed E-state index contributed by atoms with van der Waals surface area (Å²) in [7, 11) is 1.64. The van der Waals surface area contributed by atoms with Crippen LogP contribution in [-0.4, -0.2) is 40.3 Å². The zero-order valence-corrected chi connectivity index (χ0v) is 20.1. The predicted octanol–water partition coefficient (Wildman–Crippen LogP) is 5.42. The number of aromatic nitrogens is 2. The maximum absolute atomic E-state index is 13.7. The lowest BCUT2D eigenvalue weighted by Crippen LogP contribution is -2.36. The summed E-state index contributed by atoms with van der Waals surface area (Å²) in [5.41, 5.74) is 5.16. The Morgan fingerprint density at radius 3 is 2.65 bits per heavy atom. The summed E-state index contributed by atoms with van der Waals surface area (Å²) in [5, 5.41) is 3.80. The number of para-hydroxylation sites is 1. The molecule has 2 aromatic heterocycles. The quantitative estimate of drug-likeness (QED) is 0.334. The molecular formula is C30H24N4O3. The van der Waals surface area contributed by atoms with Crippen LogP contribution in [0.2, 0.25) is 0 Å². The van der Waals surface area contributed by atoms with E-state index in [1.54, 1.807) is 36.4 Å². The van der Waals surface area contributed by atoms with Gasteiger partial charge in [-0.25, -0.2) is 4.98 Å². The number of benzene rings is 3. The van der Waals surface area contributed by atoms with Gasteiger partial charge in [-0.1, -0.05) is 54.6 Å². The molecule has 0 saturated heterocycles. The first kappa shape index (κ1) is 22.5. The van der Waals surface area contributed by atoms with Gasteiger partial charge in [-0.3, -0.25) is 9.59 Å². The molecule has 0 fully saturated rings. The molecule has 0 bridgehead atoms. The summed E-state index contributed by atoms with van der Waals surface area (Å²) >= 11 is 0. The predicted molar refractivity (Wildman–Crippen MR) is 142 cm³/mol. The number of nitrogens with one attached hydrogen (secondary N) is 2. The summed E-state index contributed by atoms with van der Waals surface area (Å²) in [4.78, 5) is 36.2. The lowest BCUT2D eigenvalue weighted by molar-refractivity contribution is -0.117. The molecule has 0 aliphatic carbocycles. The molecule has 1 atom stereocenters. The third-order valence-electron chi connectivity index (χ3n) is 6.68. The fourth-order valence-electron chi connectivity index (χ4n) is 5.07. The number of carbonyl (C=O) groups excluding carboxylic acids is 2. The molecule has 0 radical (unpaired) electrons. The summed E-state index contributed by atoms with van der Waals surface area (Å²) in [6.45, 7) is -0.119. The number of rotatable bonds is 6. The molecule has 1 aliphatic heterocycles. The van der Waals surface area contributed by atoms with Gasteiger partial charge in [0.05, 0.1) is 18.8 Å². The minimum Gasteiger partial charge on any atom is -0.497 e. The number of anilines is 1. The fourth-order valence-corrected chi connectivity index (χ4v) is 5.07. The zero-order chi connectivity index (χ0) is 25.4. The highest BCUT2D eigenvalue weighted by Gasteiger charge is 2.41. The van der Waals surface area contributed by atoms with E-state index in [-0.39, 0.29) is 18.4 Å². The van der Waals surface area contributed by atoms with Crippen molar-refractivity contribution in [3.8, 4) is 17.0 Å². The van der Waals surface area contributed by atoms with Crippen LogP contribution in [0.15, 0.2) is 97.2 Å². The Morgan fingerprint density at radius 1 is 1.00 bits per heavy atom. The highest BCUT2D eigenvalue weighted by Crippen LogP contribution is 2.45. The number of pyridine rings is 1. The number of hydrogen-bond donors (Lipinski definition) is 2. The maximum atomic E-state index is 13.7. The van der Waals surface area contributed by atoms with Crippen LogP contribution in [0.4, 0.5) is 5.82 Å². The molecule has 7 heteroatoms. The molecule has 5 aromatic rings. The maximum Gasteiger partial charge on any atom is 0.255 e. The third kappa shape index (κ3) is 4.00. The second kappa shape index (κ2) is 9.28. The van der Waals surface area contributed by atoms with Crippen molar-refractivity contribution in [1.82, 2.24) is 14.9 Å². The van der Waals surface area contributed by atoms with Crippen molar-refractivity contribution < 1.29 is 14.3 Å². The molecule has 182 valence electrons. The van der Waals surface area contributed by atoms with Gasteiger partial charge in [0.25, 0.3) is 5.91 Å². The molecule has 1 aliphatic rings. The van der Waals surface area contributed by atoms with Gasteiger partial charge in [-0.2, -0.15) is 0 Å². The first-order valence-corrected chi connectivity index (χ1v) is 12.0. The molecule has 7 nitrogen and oxygen atoms in total. The number of ether oxygens (including phenoxy) is 1. The Morgan fingerprint density at radius 2 is 1.81 bits per heavy atom. The van der Waals surface area contributed by atoms with Crippen LogP contribution < -0.4 is 10.1 Å². The molecule has 0 saturated carbocycles.